The lowest BCUT2D eigenvalue weighted by Gasteiger charge is -2.29. The molecule has 0 saturated heterocycles. The lowest BCUT2D eigenvalue weighted by Crippen LogP contribution is -2.31. The third-order valence-corrected chi connectivity index (χ3v) is 6.95. The minimum absolute atomic E-state index is 0.222. The quantitative estimate of drug-likeness (QED) is 0.231. The number of carbonyl (C=O) groups excluding carboxylic acids is 1. The Balaban J connectivity index is 1.50. The van der Waals surface area contributed by atoms with Crippen LogP contribution in [0.2, 0.25) is 5.02 Å². The van der Waals surface area contributed by atoms with E-state index >= 15 is 0 Å². The van der Waals surface area contributed by atoms with Crippen LogP contribution < -0.4 is 29.6 Å². The highest BCUT2D eigenvalue weighted by molar-refractivity contribution is 6.32. The van der Waals surface area contributed by atoms with Gasteiger partial charge in [-0.2, -0.15) is 10.1 Å². The van der Waals surface area contributed by atoms with Gasteiger partial charge in [0.2, 0.25) is 5.95 Å². The van der Waals surface area contributed by atoms with E-state index in [-0.39, 0.29) is 12.4 Å². The molecule has 5 rings (SSSR count). The monoisotopic (exact) mass is 593 g/mol. The Hall–Kier alpha value is -4.77. The van der Waals surface area contributed by atoms with E-state index in [4.69, 9.17) is 30.5 Å². The molecule has 3 aromatic carbocycles. The van der Waals surface area contributed by atoms with Crippen LogP contribution >= 0.6 is 11.6 Å². The third kappa shape index (κ3) is 5.82. The maximum Gasteiger partial charge on any atom is 0.255 e. The number of anilines is 2. The average Bonchev–Trinajstić information content (AvgIpc) is 3.45. The van der Waals surface area contributed by atoms with E-state index in [9.17, 15) is 9.18 Å². The van der Waals surface area contributed by atoms with E-state index in [1.807, 2.05) is 19.1 Å². The number of rotatable bonds is 10. The van der Waals surface area contributed by atoms with Crippen molar-refractivity contribution in [3.63, 3.8) is 0 Å². The Morgan fingerprint density at radius 3 is 2.50 bits per heavy atom. The second kappa shape index (κ2) is 12.4. The smallest absolute Gasteiger partial charge is 0.255 e. The van der Waals surface area contributed by atoms with Crippen LogP contribution in [0.4, 0.5) is 16.0 Å². The normalized spacial score (nSPS) is 14.1. The van der Waals surface area contributed by atoms with Crippen molar-refractivity contribution in [2.75, 3.05) is 31.5 Å². The Morgan fingerprint density at radius 1 is 1.02 bits per heavy atom. The summed E-state index contributed by atoms with van der Waals surface area (Å²) in [5, 5.41) is 10.8. The number of ether oxygens (including phenoxy) is 4. The molecular weight excluding hydrogens is 565 g/mol. The number of nitrogens with one attached hydrogen (secondary N) is 2. The molecule has 0 spiro atoms. The highest BCUT2D eigenvalue weighted by Crippen LogP contribution is 2.41. The molecule has 2 N–H and O–H groups in total. The molecule has 42 heavy (non-hydrogen) atoms. The van der Waals surface area contributed by atoms with Gasteiger partial charge in [0.25, 0.3) is 5.91 Å². The lowest BCUT2D eigenvalue weighted by atomic mass is 9.94. The fraction of sp³-hybridized carbons (Fsp3) is 0.233. The first-order valence-electron chi connectivity index (χ1n) is 13.1. The fourth-order valence-electron chi connectivity index (χ4n) is 4.67. The van der Waals surface area contributed by atoms with E-state index < -0.39 is 11.9 Å². The second-order valence-corrected chi connectivity index (χ2v) is 9.70. The number of fused-ring (bicyclic) bond motifs is 1. The van der Waals surface area contributed by atoms with Crippen LogP contribution in [0.25, 0.3) is 0 Å². The Bertz CT molecular complexity index is 1640. The highest BCUT2D eigenvalue weighted by Gasteiger charge is 2.34. The molecule has 0 aliphatic carbocycles. The van der Waals surface area contributed by atoms with Crippen molar-refractivity contribution >= 4 is 29.1 Å². The van der Waals surface area contributed by atoms with Crippen molar-refractivity contribution in [3.8, 4) is 23.0 Å². The van der Waals surface area contributed by atoms with Crippen molar-refractivity contribution in [2.45, 2.75) is 26.5 Å². The van der Waals surface area contributed by atoms with Gasteiger partial charge < -0.3 is 29.6 Å². The third-order valence-electron chi connectivity index (χ3n) is 6.65. The largest absolute Gasteiger partial charge is 0.495 e. The summed E-state index contributed by atoms with van der Waals surface area (Å²) < 4.78 is 37.7. The molecule has 1 aromatic heterocycles. The van der Waals surface area contributed by atoms with E-state index in [0.29, 0.717) is 63.1 Å². The number of nitrogens with zero attached hydrogens (tertiary/aromatic N) is 3. The van der Waals surface area contributed by atoms with Crippen molar-refractivity contribution in [1.29, 1.82) is 0 Å². The number of hydrogen-bond donors (Lipinski definition) is 2. The van der Waals surface area contributed by atoms with Gasteiger partial charge >= 0.3 is 0 Å². The Morgan fingerprint density at radius 2 is 1.79 bits per heavy atom. The summed E-state index contributed by atoms with van der Waals surface area (Å²) in [5.41, 5.74) is 2.89. The van der Waals surface area contributed by atoms with Gasteiger partial charge in [-0.15, -0.1) is 0 Å². The molecule has 0 bridgehead atoms. The molecule has 12 heteroatoms. The van der Waals surface area contributed by atoms with Gasteiger partial charge in [-0.1, -0.05) is 29.8 Å². The van der Waals surface area contributed by atoms with Gasteiger partial charge in [-0.05, 0) is 49.2 Å². The molecule has 0 radical (unpaired) electrons. The molecule has 1 amide bonds. The van der Waals surface area contributed by atoms with Gasteiger partial charge in [0, 0.05) is 17.8 Å². The first-order valence-corrected chi connectivity index (χ1v) is 13.4. The molecule has 2 heterocycles. The zero-order chi connectivity index (χ0) is 29.8. The van der Waals surface area contributed by atoms with Crippen molar-refractivity contribution < 1.29 is 28.1 Å². The van der Waals surface area contributed by atoms with Crippen LogP contribution in [-0.2, 0) is 11.4 Å². The predicted molar refractivity (Wildman–Crippen MR) is 156 cm³/mol. The summed E-state index contributed by atoms with van der Waals surface area (Å²) in [6, 6.07) is 14.0. The molecule has 218 valence electrons. The maximum atomic E-state index is 13.9. The SMILES string of the molecule is CCOc1cc([C@@H]2C(C(=O)Nc3cc(OC)c(Cl)cc3OC)=C(C)Nc3ncnn32)ccc1OCc1ccc(F)cc1. The number of amides is 1. The van der Waals surface area contributed by atoms with Crippen LogP contribution in [-0.4, -0.2) is 41.5 Å². The van der Waals surface area contributed by atoms with Crippen LogP contribution in [0.1, 0.15) is 31.0 Å². The molecule has 1 atom stereocenters. The zero-order valence-electron chi connectivity index (χ0n) is 23.4. The molecular formula is C30H29ClFN5O5. The minimum Gasteiger partial charge on any atom is -0.495 e. The number of carbonyl (C=O) groups is 1. The second-order valence-electron chi connectivity index (χ2n) is 9.29. The Labute approximate surface area is 247 Å². The topological polar surface area (TPSA) is 109 Å². The zero-order valence-corrected chi connectivity index (χ0v) is 24.2. The summed E-state index contributed by atoms with van der Waals surface area (Å²) in [4.78, 5) is 18.2. The summed E-state index contributed by atoms with van der Waals surface area (Å²) >= 11 is 6.26. The van der Waals surface area contributed by atoms with E-state index in [1.54, 1.807) is 41.9 Å². The molecule has 0 unspecified atom stereocenters. The molecule has 1 aliphatic heterocycles. The predicted octanol–water partition coefficient (Wildman–Crippen LogP) is 5.99. The molecule has 0 fully saturated rings. The number of halogens is 2. The van der Waals surface area contributed by atoms with Gasteiger partial charge in [0.1, 0.15) is 36.3 Å². The van der Waals surface area contributed by atoms with Gasteiger partial charge in [0.05, 0.1) is 37.1 Å². The van der Waals surface area contributed by atoms with Crippen molar-refractivity contribution in [1.82, 2.24) is 14.8 Å². The van der Waals surface area contributed by atoms with E-state index in [0.717, 1.165) is 5.56 Å². The van der Waals surface area contributed by atoms with E-state index in [1.165, 1.54) is 32.7 Å². The summed E-state index contributed by atoms with van der Waals surface area (Å²) in [5.74, 6) is 1.51. The summed E-state index contributed by atoms with van der Waals surface area (Å²) in [6.07, 6.45) is 1.42. The number of hydrogen-bond acceptors (Lipinski definition) is 8. The highest BCUT2D eigenvalue weighted by atomic mass is 35.5. The number of allylic oxidation sites excluding steroid dienone is 1. The number of benzene rings is 3. The Kier molecular flexibility index (Phi) is 8.48. The van der Waals surface area contributed by atoms with E-state index in [2.05, 4.69) is 20.7 Å². The fourth-order valence-corrected chi connectivity index (χ4v) is 4.90. The standard InChI is InChI=1S/C30H29ClFN5O5/c1-5-41-26-12-19(8-11-23(26)42-15-18-6-9-20(32)10-7-18)28-27(17(2)35-30-33-16-34-37(28)30)29(38)36-22-14-24(39-3)21(31)13-25(22)40-4/h6-14,16,28H,5,15H2,1-4H3,(H,36,38)(H,33,34,35)/t28-/m1/s1. The summed E-state index contributed by atoms with van der Waals surface area (Å²) in [6.45, 7) is 4.27. The molecule has 0 saturated carbocycles. The van der Waals surface area contributed by atoms with Crippen LogP contribution in [0.3, 0.4) is 0 Å². The van der Waals surface area contributed by atoms with Crippen LogP contribution in [0.15, 0.2) is 72.2 Å². The lowest BCUT2D eigenvalue weighted by molar-refractivity contribution is -0.113. The van der Waals surface area contributed by atoms with Crippen molar-refractivity contribution in [3.05, 3.63) is 94.2 Å². The first-order chi connectivity index (χ1) is 20.3. The van der Waals surface area contributed by atoms with Gasteiger partial charge in [-0.25, -0.2) is 9.07 Å². The maximum absolute atomic E-state index is 13.9. The van der Waals surface area contributed by atoms with Crippen LogP contribution in [0.5, 0.6) is 23.0 Å². The number of methoxy groups -OCH3 is 2. The first kappa shape index (κ1) is 28.7. The van der Waals surface area contributed by atoms with Gasteiger partial charge in [-0.3, -0.25) is 4.79 Å². The van der Waals surface area contributed by atoms with Crippen LogP contribution in [0, 0.1) is 5.82 Å². The molecule has 4 aromatic rings. The number of aromatic nitrogens is 3. The van der Waals surface area contributed by atoms with Crippen molar-refractivity contribution in [2.24, 2.45) is 0 Å². The molecule has 10 nitrogen and oxygen atoms in total. The van der Waals surface area contributed by atoms with Gasteiger partial charge in [0.15, 0.2) is 11.5 Å². The summed E-state index contributed by atoms with van der Waals surface area (Å²) in [7, 11) is 2.97. The molecule has 1 aliphatic rings. The average molecular weight is 594 g/mol. The minimum atomic E-state index is -0.658.